The summed E-state index contributed by atoms with van der Waals surface area (Å²) < 4.78 is 1.56. The van der Waals surface area contributed by atoms with Crippen molar-refractivity contribution in [1.29, 1.82) is 0 Å². The molecule has 0 spiro atoms. The third-order valence-electron chi connectivity index (χ3n) is 2.61. The summed E-state index contributed by atoms with van der Waals surface area (Å²) in [4.78, 5) is 9.97. The van der Waals surface area contributed by atoms with Crippen LogP contribution in [0.25, 0.3) is 0 Å². The largest absolute Gasteiger partial charge is 0.408 e. The topological polar surface area (TPSA) is 61.0 Å². The Morgan fingerprint density at radius 2 is 2.00 bits per heavy atom. The maximum Gasteiger partial charge on any atom is 0.408 e. The number of hydrogen-bond donors (Lipinski definition) is 0. The van der Waals surface area contributed by atoms with Crippen molar-refractivity contribution in [1.82, 2.24) is 9.78 Å². The van der Waals surface area contributed by atoms with Crippen LogP contribution in [0.1, 0.15) is 45.4 Å². The second-order valence-electron chi connectivity index (χ2n) is 4.09. The fourth-order valence-electron chi connectivity index (χ4n) is 1.68. The molecular weight excluding hydrogens is 242 g/mol. The third kappa shape index (κ3) is 4.73. The minimum atomic E-state index is -0.555. The molecule has 0 amide bonds. The first kappa shape index (κ1) is 14.0. The molecule has 0 N–H and O–H groups in total. The number of halogens is 1. The van der Waals surface area contributed by atoms with Gasteiger partial charge in [-0.2, -0.15) is 4.68 Å². The number of aryl methyl sites for hydroxylation is 1. The van der Waals surface area contributed by atoms with Crippen LogP contribution < -0.4 is 0 Å². The molecule has 0 bridgehead atoms. The van der Waals surface area contributed by atoms with E-state index in [2.05, 4.69) is 12.0 Å². The lowest BCUT2D eigenvalue weighted by Gasteiger charge is -1.98. The van der Waals surface area contributed by atoms with E-state index in [0.717, 1.165) is 12.8 Å². The van der Waals surface area contributed by atoms with Gasteiger partial charge in [0, 0.05) is 0 Å². The molecule has 0 aliphatic heterocycles. The Kier molecular flexibility index (Phi) is 5.97. The Morgan fingerprint density at radius 1 is 1.35 bits per heavy atom. The molecule has 0 aliphatic carbocycles. The van der Waals surface area contributed by atoms with Crippen LogP contribution in [-0.4, -0.2) is 14.7 Å². The van der Waals surface area contributed by atoms with Gasteiger partial charge in [0.1, 0.15) is 0 Å². The summed E-state index contributed by atoms with van der Waals surface area (Å²) in [5.41, 5.74) is 0. The van der Waals surface area contributed by atoms with Crippen LogP contribution in [0.2, 0.25) is 5.02 Å². The fraction of sp³-hybridized carbons (Fsp3) is 0.727. The Labute approximate surface area is 106 Å². The van der Waals surface area contributed by atoms with Gasteiger partial charge in [-0.1, -0.05) is 50.6 Å². The molecule has 0 saturated heterocycles. The van der Waals surface area contributed by atoms with E-state index in [0.29, 0.717) is 6.54 Å². The van der Waals surface area contributed by atoms with Crippen molar-refractivity contribution in [3.05, 3.63) is 21.3 Å². The molecule has 0 saturated carbocycles. The number of rotatable bonds is 8. The summed E-state index contributed by atoms with van der Waals surface area (Å²) in [7, 11) is 0. The average molecular weight is 260 g/mol. The van der Waals surface area contributed by atoms with Crippen LogP contribution in [0.5, 0.6) is 0 Å². The second-order valence-corrected chi connectivity index (χ2v) is 4.50. The van der Waals surface area contributed by atoms with Crippen LogP contribution in [0.4, 0.5) is 5.82 Å². The second kappa shape index (κ2) is 7.27. The van der Waals surface area contributed by atoms with E-state index in [9.17, 15) is 10.1 Å². The van der Waals surface area contributed by atoms with Crippen molar-refractivity contribution in [2.24, 2.45) is 0 Å². The molecule has 0 atom stereocenters. The number of hydrogen-bond acceptors (Lipinski definition) is 3. The molecule has 5 nitrogen and oxygen atoms in total. The lowest BCUT2D eigenvalue weighted by Crippen LogP contribution is -1.99. The molecule has 0 fully saturated rings. The minimum absolute atomic E-state index is 0.112. The van der Waals surface area contributed by atoms with E-state index < -0.39 is 4.92 Å². The van der Waals surface area contributed by atoms with E-state index in [1.54, 1.807) is 4.68 Å². The van der Waals surface area contributed by atoms with E-state index >= 15 is 0 Å². The first-order valence-corrected chi connectivity index (χ1v) is 6.40. The van der Waals surface area contributed by atoms with Gasteiger partial charge >= 0.3 is 5.82 Å². The third-order valence-corrected chi connectivity index (χ3v) is 2.88. The van der Waals surface area contributed by atoms with Crippen molar-refractivity contribution < 1.29 is 4.92 Å². The molecule has 1 heterocycles. The Hall–Kier alpha value is -1.10. The highest BCUT2D eigenvalue weighted by molar-refractivity contribution is 6.32. The van der Waals surface area contributed by atoms with Gasteiger partial charge in [0.2, 0.25) is 0 Å². The maximum absolute atomic E-state index is 10.5. The lowest BCUT2D eigenvalue weighted by atomic mass is 10.1. The SMILES string of the molecule is CCCCCCCCn1cc(Cl)c([N+](=O)[O-])n1. The van der Waals surface area contributed by atoms with Gasteiger partial charge < -0.3 is 10.1 Å². The van der Waals surface area contributed by atoms with Crippen molar-refractivity contribution in [2.45, 2.75) is 52.0 Å². The first-order valence-electron chi connectivity index (χ1n) is 6.02. The zero-order chi connectivity index (χ0) is 12.7. The summed E-state index contributed by atoms with van der Waals surface area (Å²) in [5.74, 6) is -0.252. The van der Waals surface area contributed by atoms with Gasteiger partial charge in [0.05, 0.1) is 17.8 Å². The molecule has 0 aliphatic rings. The molecule has 17 heavy (non-hydrogen) atoms. The van der Waals surface area contributed by atoms with Gasteiger partial charge in [-0.25, -0.2) is 0 Å². The number of nitro groups is 1. The monoisotopic (exact) mass is 259 g/mol. The van der Waals surface area contributed by atoms with E-state index in [1.807, 2.05) is 0 Å². The molecule has 96 valence electrons. The van der Waals surface area contributed by atoms with Crippen molar-refractivity contribution >= 4 is 17.4 Å². The molecular formula is C11H18ClN3O2. The molecule has 1 rings (SSSR count). The van der Waals surface area contributed by atoms with Crippen molar-refractivity contribution in [3.8, 4) is 0 Å². The number of unbranched alkanes of at least 4 members (excludes halogenated alkanes) is 5. The smallest absolute Gasteiger partial charge is 0.358 e. The zero-order valence-corrected chi connectivity index (χ0v) is 10.8. The molecule has 0 radical (unpaired) electrons. The van der Waals surface area contributed by atoms with Gasteiger partial charge in [0.15, 0.2) is 5.02 Å². The van der Waals surface area contributed by atoms with Crippen LogP contribution in [0.3, 0.4) is 0 Å². The summed E-state index contributed by atoms with van der Waals surface area (Å²) in [6.07, 6.45) is 8.62. The summed E-state index contributed by atoms with van der Waals surface area (Å²) in [6, 6.07) is 0. The van der Waals surface area contributed by atoms with Gasteiger partial charge in [-0.05, 0) is 11.3 Å². The Balaban J connectivity index is 2.27. The normalized spacial score (nSPS) is 10.7. The van der Waals surface area contributed by atoms with E-state index in [4.69, 9.17) is 11.6 Å². The average Bonchev–Trinajstić information content (AvgIpc) is 2.65. The lowest BCUT2D eigenvalue weighted by molar-refractivity contribution is -0.389. The summed E-state index contributed by atoms with van der Waals surface area (Å²) in [6.45, 7) is 2.88. The number of nitrogens with zero attached hydrogens (tertiary/aromatic N) is 3. The predicted molar refractivity (Wildman–Crippen MR) is 67.3 cm³/mol. The summed E-state index contributed by atoms with van der Waals surface area (Å²) >= 11 is 5.70. The highest BCUT2D eigenvalue weighted by atomic mass is 35.5. The highest BCUT2D eigenvalue weighted by Crippen LogP contribution is 2.21. The molecule has 6 heteroatoms. The van der Waals surface area contributed by atoms with Crippen molar-refractivity contribution in [2.75, 3.05) is 0 Å². The Bertz CT molecular complexity index is 366. The van der Waals surface area contributed by atoms with Crippen molar-refractivity contribution in [3.63, 3.8) is 0 Å². The predicted octanol–water partition coefficient (Wildman–Crippen LogP) is 3.81. The standard InChI is InChI=1S/C11H18ClN3O2/c1-2-3-4-5-6-7-8-14-9-10(12)11(13-14)15(16)17/h9H,2-8H2,1H3. The fourth-order valence-corrected chi connectivity index (χ4v) is 1.90. The maximum atomic E-state index is 10.5. The molecule has 0 unspecified atom stereocenters. The molecule has 0 aromatic carbocycles. The van der Waals surface area contributed by atoms with E-state index in [1.165, 1.54) is 31.9 Å². The highest BCUT2D eigenvalue weighted by Gasteiger charge is 2.18. The Morgan fingerprint density at radius 3 is 2.59 bits per heavy atom. The molecule has 1 aromatic heterocycles. The van der Waals surface area contributed by atoms with Crippen LogP contribution >= 0.6 is 11.6 Å². The van der Waals surface area contributed by atoms with Gasteiger partial charge in [-0.15, -0.1) is 0 Å². The molecule has 1 aromatic rings. The van der Waals surface area contributed by atoms with Gasteiger partial charge in [-0.3, -0.25) is 0 Å². The van der Waals surface area contributed by atoms with Crippen LogP contribution in [-0.2, 0) is 6.54 Å². The van der Waals surface area contributed by atoms with Crippen LogP contribution in [0.15, 0.2) is 6.20 Å². The minimum Gasteiger partial charge on any atom is -0.358 e. The zero-order valence-electron chi connectivity index (χ0n) is 10.1. The van der Waals surface area contributed by atoms with E-state index in [-0.39, 0.29) is 10.8 Å². The van der Waals surface area contributed by atoms with Gasteiger partial charge in [0.25, 0.3) is 0 Å². The number of aromatic nitrogens is 2. The quantitative estimate of drug-likeness (QED) is 0.405. The van der Waals surface area contributed by atoms with Crippen LogP contribution in [0, 0.1) is 10.1 Å². The summed E-state index contributed by atoms with van der Waals surface area (Å²) in [5, 5.41) is 14.5. The first-order chi connectivity index (χ1) is 8.15.